The lowest BCUT2D eigenvalue weighted by molar-refractivity contribution is 0.430. The van der Waals surface area contributed by atoms with Crippen LogP contribution in [0.2, 0.25) is 0 Å². The van der Waals surface area contributed by atoms with Crippen LogP contribution in [-0.4, -0.2) is 16.8 Å². The van der Waals surface area contributed by atoms with Gasteiger partial charge in [-0.15, -0.1) is 0 Å². The molecule has 3 rings (SSSR count). The Morgan fingerprint density at radius 2 is 2.19 bits per heavy atom. The monoisotopic (exact) mass is 216 g/mol. The Hall–Kier alpha value is -1.97. The van der Waals surface area contributed by atoms with Crippen molar-refractivity contribution in [2.75, 3.05) is 11.9 Å². The Morgan fingerprint density at radius 1 is 1.31 bits per heavy atom. The van der Waals surface area contributed by atoms with Crippen molar-refractivity contribution < 1.29 is 9.63 Å². The van der Waals surface area contributed by atoms with Gasteiger partial charge in [-0.05, 0) is 25.0 Å². The van der Waals surface area contributed by atoms with Crippen molar-refractivity contribution in [3.05, 3.63) is 29.8 Å². The summed E-state index contributed by atoms with van der Waals surface area (Å²) in [7, 11) is 0. The molecule has 0 saturated heterocycles. The van der Waals surface area contributed by atoms with Gasteiger partial charge in [0.05, 0.1) is 0 Å². The van der Waals surface area contributed by atoms with Crippen molar-refractivity contribution in [1.82, 2.24) is 5.16 Å². The first-order valence-electron chi connectivity index (χ1n) is 5.37. The summed E-state index contributed by atoms with van der Waals surface area (Å²) in [6, 6.07) is 7.19. The molecule has 2 N–H and O–H groups in total. The molecule has 0 spiro atoms. The maximum absolute atomic E-state index is 9.78. The molecule has 2 heterocycles. The third-order valence-corrected chi connectivity index (χ3v) is 2.84. The molecule has 0 bridgehead atoms. The van der Waals surface area contributed by atoms with Crippen LogP contribution >= 0.6 is 0 Å². The number of phenolic OH excluding ortho intramolecular Hbond substituents is 1. The second kappa shape index (κ2) is 3.56. The molecular weight excluding hydrogens is 204 g/mol. The Kier molecular flexibility index (Phi) is 2.06. The van der Waals surface area contributed by atoms with Crippen molar-refractivity contribution in [2.45, 2.75) is 12.8 Å². The summed E-state index contributed by atoms with van der Waals surface area (Å²) in [5.41, 5.74) is 2.55. The lowest BCUT2D eigenvalue weighted by atomic mass is 10.0. The van der Waals surface area contributed by atoms with Crippen molar-refractivity contribution in [3.63, 3.8) is 0 Å². The second-order valence-corrected chi connectivity index (χ2v) is 3.89. The van der Waals surface area contributed by atoms with Crippen molar-refractivity contribution in [3.8, 4) is 17.0 Å². The number of aromatic hydroxyl groups is 1. The number of benzene rings is 1. The van der Waals surface area contributed by atoms with Crippen molar-refractivity contribution in [2.24, 2.45) is 0 Å². The molecule has 0 atom stereocenters. The van der Waals surface area contributed by atoms with Gasteiger partial charge in [-0.2, -0.15) is 0 Å². The van der Waals surface area contributed by atoms with Gasteiger partial charge in [0, 0.05) is 17.7 Å². The smallest absolute Gasteiger partial charge is 0.228 e. The van der Waals surface area contributed by atoms with Crippen LogP contribution < -0.4 is 5.32 Å². The fourth-order valence-electron chi connectivity index (χ4n) is 2.03. The number of nitrogens with one attached hydrogen (secondary N) is 1. The van der Waals surface area contributed by atoms with Gasteiger partial charge in [0.15, 0.2) is 0 Å². The Balaban J connectivity index is 2.13. The van der Waals surface area contributed by atoms with Crippen LogP contribution in [0.3, 0.4) is 0 Å². The lowest BCUT2D eigenvalue weighted by Crippen LogP contribution is -2.10. The Labute approximate surface area is 92.9 Å². The summed E-state index contributed by atoms with van der Waals surface area (Å²) in [4.78, 5) is 0. The highest BCUT2D eigenvalue weighted by atomic mass is 16.5. The van der Waals surface area contributed by atoms with Crippen molar-refractivity contribution >= 4 is 5.88 Å². The summed E-state index contributed by atoms with van der Waals surface area (Å²) < 4.78 is 5.22. The molecule has 0 unspecified atom stereocenters. The number of aromatic nitrogens is 1. The van der Waals surface area contributed by atoms with Gasteiger partial charge in [0.2, 0.25) is 5.88 Å². The zero-order valence-corrected chi connectivity index (χ0v) is 8.73. The summed E-state index contributed by atoms with van der Waals surface area (Å²) >= 11 is 0. The third kappa shape index (κ3) is 1.34. The van der Waals surface area contributed by atoms with Gasteiger partial charge >= 0.3 is 0 Å². The normalized spacial score (nSPS) is 14.2. The highest BCUT2D eigenvalue weighted by molar-refractivity contribution is 5.73. The summed E-state index contributed by atoms with van der Waals surface area (Å²) in [6.45, 7) is 0.919. The molecule has 16 heavy (non-hydrogen) atoms. The molecule has 1 aromatic carbocycles. The quantitative estimate of drug-likeness (QED) is 0.768. The number of rotatable bonds is 1. The van der Waals surface area contributed by atoms with E-state index in [4.69, 9.17) is 4.52 Å². The predicted octanol–water partition coefficient (Wildman–Crippen LogP) is 2.41. The number of anilines is 1. The van der Waals surface area contributed by atoms with E-state index in [0.717, 1.165) is 42.1 Å². The minimum absolute atomic E-state index is 0.240. The van der Waals surface area contributed by atoms with Crippen LogP contribution in [-0.2, 0) is 6.42 Å². The van der Waals surface area contributed by atoms with E-state index in [-0.39, 0.29) is 5.75 Å². The maximum Gasteiger partial charge on any atom is 0.228 e. The van der Waals surface area contributed by atoms with E-state index < -0.39 is 0 Å². The van der Waals surface area contributed by atoms with Crippen LogP contribution in [0.5, 0.6) is 5.75 Å². The van der Waals surface area contributed by atoms with Gasteiger partial charge in [-0.1, -0.05) is 17.3 Å². The molecule has 0 aliphatic carbocycles. The third-order valence-electron chi connectivity index (χ3n) is 2.84. The second-order valence-electron chi connectivity index (χ2n) is 3.89. The van der Waals surface area contributed by atoms with E-state index in [2.05, 4.69) is 10.5 Å². The van der Waals surface area contributed by atoms with Crippen LogP contribution in [0.1, 0.15) is 12.0 Å². The van der Waals surface area contributed by atoms with Crippen LogP contribution in [0.15, 0.2) is 28.8 Å². The van der Waals surface area contributed by atoms with Gasteiger partial charge in [0.25, 0.3) is 0 Å². The van der Waals surface area contributed by atoms with E-state index in [1.165, 1.54) is 0 Å². The van der Waals surface area contributed by atoms with Gasteiger partial charge in [0.1, 0.15) is 11.4 Å². The molecule has 4 nitrogen and oxygen atoms in total. The lowest BCUT2D eigenvalue weighted by Gasteiger charge is -2.11. The van der Waals surface area contributed by atoms with E-state index >= 15 is 0 Å². The summed E-state index contributed by atoms with van der Waals surface area (Å²) in [5.74, 6) is 0.980. The zero-order chi connectivity index (χ0) is 11.0. The number of para-hydroxylation sites is 1. The number of hydrogen-bond acceptors (Lipinski definition) is 4. The summed E-state index contributed by atoms with van der Waals surface area (Å²) in [6.07, 6.45) is 2.00. The fourth-order valence-corrected chi connectivity index (χ4v) is 2.03. The topological polar surface area (TPSA) is 58.3 Å². The molecular formula is C12H12N2O2. The molecule has 4 heteroatoms. The Bertz CT molecular complexity index is 519. The van der Waals surface area contributed by atoms with E-state index in [1.54, 1.807) is 12.1 Å². The number of fused-ring (bicyclic) bond motifs is 1. The van der Waals surface area contributed by atoms with Crippen LogP contribution in [0, 0.1) is 0 Å². The molecule has 0 radical (unpaired) electrons. The van der Waals surface area contributed by atoms with Crippen molar-refractivity contribution in [1.29, 1.82) is 0 Å². The standard InChI is InChI=1S/C12H12N2O2/c15-10-6-2-1-4-8(10)11-9-5-3-7-13-12(9)16-14-11/h1-2,4,6,13,15H,3,5,7H2. The number of nitrogens with zero attached hydrogens (tertiary/aromatic N) is 1. The highest BCUT2D eigenvalue weighted by Gasteiger charge is 2.21. The molecule has 1 aromatic heterocycles. The van der Waals surface area contributed by atoms with Gasteiger partial charge in [-0.25, -0.2) is 0 Å². The molecule has 82 valence electrons. The first-order valence-corrected chi connectivity index (χ1v) is 5.37. The average Bonchev–Trinajstić information content (AvgIpc) is 2.74. The average molecular weight is 216 g/mol. The molecule has 1 aliphatic heterocycles. The van der Waals surface area contributed by atoms with E-state index in [1.807, 2.05) is 12.1 Å². The van der Waals surface area contributed by atoms with Crippen LogP contribution in [0.25, 0.3) is 11.3 Å². The Morgan fingerprint density at radius 3 is 3.06 bits per heavy atom. The minimum Gasteiger partial charge on any atom is -0.507 e. The number of phenols is 1. The number of hydrogen-bond donors (Lipinski definition) is 2. The van der Waals surface area contributed by atoms with Gasteiger partial charge in [-0.3, -0.25) is 0 Å². The first kappa shape index (κ1) is 9.27. The van der Waals surface area contributed by atoms with E-state index in [0.29, 0.717) is 0 Å². The predicted molar refractivity (Wildman–Crippen MR) is 60.4 cm³/mol. The maximum atomic E-state index is 9.78. The summed E-state index contributed by atoms with van der Waals surface area (Å²) in [5, 5.41) is 17.0. The van der Waals surface area contributed by atoms with E-state index in [9.17, 15) is 5.11 Å². The molecule has 2 aromatic rings. The largest absolute Gasteiger partial charge is 0.507 e. The highest BCUT2D eigenvalue weighted by Crippen LogP contribution is 2.35. The van der Waals surface area contributed by atoms with Gasteiger partial charge < -0.3 is 14.9 Å². The SMILES string of the molecule is Oc1ccccc1-c1noc2c1CCCN2. The zero-order valence-electron chi connectivity index (χ0n) is 8.73. The minimum atomic E-state index is 0.240. The molecule has 0 fully saturated rings. The molecule has 0 amide bonds. The van der Waals surface area contributed by atoms with Crippen LogP contribution in [0.4, 0.5) is 5.88 Å². The first-order chi connectivity index (χ1) is 7.86. The fraction of sp³-hybridized carbons (Fsp3) is 0.250. The molecule has 1 aliphatic rings. The molecule has 0 saturated carbocycles.